The van der Waals surface area contributed by atoms with Gasteiger partial charge in [-0.2, -0.15) is 4.98 Å². The van der Waals surface area contributed by atoms with Crippen molar-refractivity contribution in [3.05, 3.63) is 48.0 Å². The van der Waals surface area contributed by atoms with Gasteiger partial charge in [-0.05, 0) is 32.0 Å². The number of hydrogen-bond acceptors (Lipinski definition) is 8. The van der Waals surface area contributed by atoms with Gasteiger partial charge in [0.05, 0.1) is 0 Å². The summed E-state index contributed by atoms with van der Waals surface area (Å²) in [5.41, 5.74) is 1.67. The summed E-state index contributed by atoms with van der Waals surface area (Å²) in [6.45, 7) is 8.50. The van der Waals surface area contributed by atoms with Crippen LogP contribution in [0.1, 0.15) is 25.3 Å². The third kappa shape index (κ3) is 4.48. The van der Waals surface area contributed by atoms with E-state index in [2.05, 4.69) is 33.9 Å². The number of para-hydroxylation sites is 1. The van der Waals surface area contributed by atoms with Crippen LogP contribution in [0, 0.1) is 6.92 Å². The molecule has 2 aromatic heterocycles. The number of fused-ring (bicyclic) bond motifs is 1. The van der Waals surface area contributed by atoms with E-state index in [0.717, 1.165) is 29.1 Å². The fourth-order valence-electron chi connectivity index (χ4n) is 4.24. The van der Waals surface area contributed by atoms with Crippen molar-refractivity contribution in [2.24, 2.45) is 0 Å². The number of benzene rings is 1. The topological polar surface area (TPSA) is 93.8 Å². The van der Waals surface area contributed by atoms with Gasteiger partial charge in [0.2, 0.25) is 11.7 Å². The minimum absolute atomic E-state index is 0.00267. The van der Waals surface area contributed by atoms with E-state index in [1.54, 1.807) is 13.1 Å². The highest BCUT2D eigenvalue weighted by Crippen LogP contribution is 2.41. The second-order valence-electron chi connectivity index (χ2n) is 8.98. The summed E-state index contributed by atoms with van der Waals surface area (Å²) >= 11 is 0. The minimum Gasteiger partial charge on any atom is -0.483 e. The van der Waals surface area contributed by atoms with Gasteiger partial charge in [-0.1, -0.05) is 17.3 Å². The molecular formula is C24H27N5O4. The van der Waals surface area contributed by atoms with Crippen LogP contribution >= 0.6 is 0 Å². The fraction of sp³-hybridized carbons (Fsp3) is 0.417. The van der Waals surface area contributed by atoms with Gasteiger partial charge >= 0.3 is 0 Å². The number of amides is 1. The molecule has 1 amide bonds. The molecule has 4 heterocycles. The number of ether oxygens (including phenoxy) is 2. The molecule has 1 aromatic carbocycles. The number of anilines is 1. The van der Waals surface area contributed by atoms with Crippen LogP contribution in [0.4, 0.5) is 5.82 Å². The summed E-state index contributed by atoms with van der Waals surface area (Å²) in [4.78, 5) is 25.5. The third-order valence-electron chi connectivity index (χ3n) is 5.90. The highest BCUT2D eigenvalue weighted by atomic mass is 16.5. The first-order valence-corrected chi connectivity index (χ1v) is 11.1. The lowest BCUT2D eigenvalue weighted by Crippen LogP contribution is -2.50. The van der Waals surface area contributed by atoms with Crippen molar-refractivity contribution in [2.75, 3.05) is 37.7 Å². The molecule has 0 unspecified atom stereocenters. The maximum Gasteiger partial charge on any atom is 0.260 e. The summed E-state index contributed by atoms with van der Waals surface area (Å²) in [6, 6.07) is 9.72. The lowest BCUT2D eigenvalue weighted by atomic mass is 10.0. The Morgan fingerprint density at radius 2 is 1.97 bits per heavy atom. The molecule has 3 aromatic rings. The number of pyridine rings is 1. The second-order valence-corrected chi connectivity index (χ2v) is 8.98. The van der Waals surface area contributed by atoms with E-state index in [1.165, 1.54) is 0 Å². The Kier molecular flexibility index (Phi) is 5.39. The van der Waals surface area contributed by atoms with E-state index < -0.39 is 0 Å². The van der Waals surface area contributed by atoms with Gasteiger partial charge in [-0.25, -0.2) is 4.98 Å². The van der Waals surface area contributed by atoms with Gasteiger partial charge in [0.1, 0.15) is 11.4 Å². The van der Waals surface area contributed by atoms with Crippen LogP contribution < -0.4 is 14.4 Å². The molecule has 5 rings (SSSR count). The van der Waals surface area contributed by atoms with Crippen molar-refractivity contribution in [2.45, 2.75) is 32.8 Å². The van der Waals surface area contributed by atoms with E-state index in [4.69, 9.17) is 14.0 Å². The molecule has 0 spiro atoms. The first-order chi connectivity index (χ1) is 15.9. The van der Waals surface area contributed by atoms with E-state index in [9.17, 15) is 4.79 Å². The van der Waals surface area contributed by atoms with Crippen molar-refractivity contribution < 1.29 is 18.8 Å². The quantitative estimate of drug-likeness (QED) is 0.587. The summed E-state index contributed by atoms with van der Waals surface area (Å²) in [6.07, 6.45) is 2.58. The Bertz CT molecular complexity index is 1150. The number of nitrogens with zero attached hydrogens (tertiary/aromatic N) is 5. The monoisotopic (exact) mass is 449 g/mol. The molecule has 2 aliphatic heterocycles. The van der Waals surface area contributed by atoms with Crippen LogP contribution in [0.5, 0.6) is 11.5 Å². The number of hydrogen-bond donors (Lipinski definition) is 0. The first-order valence-electron chi connectivity index (χ1n) is 11.1. The number of carbonyl (C=O) groups excluding carboxylic acids is 1. The second kappa shape index (κ2) is 8.38. The van der Waals surface area contributed by atoms with Crippen LogP contribution in [0.15, 0.2) is 41.1 Å². The van der Waals surface area contributed by atoms with Crippen LogP contribution in [-0.4, -0.2) is 64.3 Å². The highest BCUT2D eigenvalue weighted by molar-refractivity contribution is 5.78. The van der Waals surface area contributed by atoms with Crippen LogP contribution in [0.2, 0.25) is 0 Å². The third-order valence-corrected chi connectivity index (χ3v) is 5.90. The van der Waals surface area contributed by atoms with Gasteiger partial charge < -0.3 is 23.8 Å². The Labute approximate surface area is 192 Å². The molecule has 9 nitrogen and oxygen atoms in total. The summed E-state index contributed by atoms with van der Waals surface area (Å²) in [5, 5.41) is 3.92. The zero-order valence-electron chi connectivity index (χ0n) is 19.1. The normalized spacial score (nSPS) is 16.9. The zero-order chi connectivity index (χ0) is 23.0. The SMILES string of the molecule is Cc1nc(-c2ccc(N3CCN(C(=O)COc4cccc5c4OC(C)(C)C5)CC3)nc2)no1. The van der Waals surface area contributed by atoms with Crippen LogP contribution in [0.25, 0.3) is 11.4 Å². The number of aromatic nitrogens is 3. The average Bonchev–Trinajstić information content (AvgIpc) is 3.39. The van der Waals surface area contributed by atoms with Crippen molar-refractivity contribution in [1.82, 2.24) is 20.0 Å². The summed E-state index contributed by atoms with van der Waals surface area (Å²) in [7, 11) is 0. The van der Waals surface area contributed by atoms with Gasteiger partial charge in [-0.15, -0.1) is 0 Å². The van der Waals surface area contributed by atoms with Crippen molar-refractivity contribution >= 4 is 11.7 Å². The summed E-state index contributed by atoms with van der Waals surface area (Å²) < 4.78 is 16.9. The molecule has 172 valence electrons. The van der Waals surface area contributed by atoms with Gasteiger partial charge in [0, 0.05) is 56.8 Å². The molecule has 0 bridgehead atoms. The fourth-order valence-corrected chi connectivity index (χ4v) is 4.24. The molecule has 1 saturated heterocycles. The average molecular weight is 450 g/mol. The van der Waals surface area contributed by atoms with Crippen molar-refractivity contribution in [3.8, 4) is 22.9 Å². The molecule has 9 heteroatoms. The van der Waals surface area contributed by atoms with E-state index in [0.29, 0.717) is 43.6 Å². The molecule has 0 aliphatic carbocycles. The molecule has 0 radical (unpaired) electrons. The molecule has 0 N–H and O–H groups in total. The van der Waals surface area contributed by atoms with Crippen molar-refractivity contribution in [1.29, 1.82) is 0 Å². The number of piperazine rings is 1. The highest BCUT2D eigenvalue weighted by Gasteiger charge is 2.32. The lowest BCUT2D eigenvalue weighted by Gasteiger charge is -2.35. The predicted octanol–water partition coefficient (Wildman–Crippen LogP) is 2.88. The lowest BCUT2D eigenvalue weighted by molar-refractivity contribution is -0.133. The van der Waals surface area contributed by atoms with E-state index in [-0.39, 0.29) is 18.1 Å². The standard InChI is InChI=1S/C24H27N5O4/c1-16-26-23(27-33-16)18-7-8-20(25-14-18)28-9-11-29(12-10-28)21(30)15-31-19-6-4-5-17-13-24(2,3)32-22(17)19/h4-8,14H,9-13,15H2,1-3H3. The first kappa shape index (κ1) is 21.2. The van der Waals surface area contributed by atoms with E-state index >= 15 is 0 Å². The Morgan fingerprint density at radius 1 is 1.15 bits per heavy atom. The molecule has 0 saturated carbocycles. The van der Waals surface area contributed by atoms with Crippen LogP contribution in [0.3, 0.4) is 0 Å². The smallest absolute Gasteiger partial charge is 0.260 e. The molecule has 1 fully saturated rings. The van der Waals surface area contributed by atoms with Crippen LogP contribution in [-0.2, 0) is 11.2 Å². The van der Waals surface area contributed by atoms with E-state index in [1.807, 2.05) is 35.2 Å². The Morgan fingerprint density at radius 3 is 2.67 bits per heavy atom. The van der Waals surface area contributed by atoms with Gasteiger partial charge in [0.15, 0.2) is 18.1 Å². The van der Waals surface area contributed by atoms with Crippen molar-refractivity contribution in [3.63, 3.8) is 0 Å². The Balaban J connectivity index is 1.14. The molecule has 2 aliphatic rings. The molecular weight excluding hydrogens is 422 g/mol. The zero-order valence-corrected chi connectivity index (χ0v) is 19.1. The summed E-state index contributed by atoms with van der Waals surface area (Å²) in [5.74, 6) is 3.27. The molecule has 33 heavy (non-hydrogen) atoms. The number of rotatable bonds is 5. The number of aryl methyl sites for hydroxylation is 1. The Hall–Kier alpha value is -3.62. The molecule has 0 atom stereocenters. The largest absolute Gasteiger partial charge is 0.483 e. The maximum atomic E-state index is 12.7. The predicted molar refractivity (Wildman–Crippen MR) is 121 cm³/mol. The maximum absolute atomic E-state index is 12.7. The van der Waals surface area contributed by atoms with Gasteiger partial charge in [0.25, 0.3) is 5.91 Å². The van der Waals surface area contributed by atoms with Gasteiger partial charge in [-0.3, -0.25) is 4.79 Å². The minimum atomic E-state index is -0.251. The number of carbonyl (C=O) groups is 1.